The molecule has 0 radical (unpaired) electrons. The fourth-order valence-corrected chi connectivity index (χ4v) is 3.50. The van der Waals surface area contributed by atoms with E-state index in [2.05, 4.69) is 27.9 Å². The van der Waals surface area contributed by atoms with Gasteiger partial charge >= 0.3 is 0 Å². The summed E-state index contributed by atoms with van der Waals surface area (Å²) in [4.78, 5) is 21.4. The Morgan fingerprint density at radius 2 is 2.08 bits per heavy atom. The third kappa shape index (κ3) is 4.15. The largest absolute Gasteiger partial charge is 0.466 e. The molecule has 0 saturated carbocycles. The fourth-order valence-electron chi connectivity index (χ4n) is 3.50. The summed E-state index contributed by atoms with van der Waals surface area (Å²) in [5.41, 5.74) is 0.915. The SMILES string of the molecule is Cc1nc(C2CCN(CC[C@H](C)c3ccc(C)o3)CC2)cc(=O)[nH]1. The van der Waals surface area contributed by atoms with Crippen LogP contribution in [0.4, 0.5) is 0 Å². The zero-order valence-corrected chi connectivity index (χ0v) is 14.8. The second-order valence-electron chi connectivity index (χ2n) is 7.01. The maximum Gasteiger partial charge on any atom is 0.251 e. The predicted octanol–water partition coefficient (Wildman–Crippen LogP) is 3.35. The maximum atomic E-state index is 11.6. The van der Waals surface area contributed by atoms with E-state index in [1.165, 1.54) is 0 Å². The molecule has 1 N–H and O–H groups in total. The van der Waals surface area contributed by atoms with Gasteiger partial charge in [0.1, 0.15) is 17.3 Å². The number of rotatable bonds is 5. The molecule has 5 heteroatoms. The summed E-state index contributed by atoms with van der Waals surface area (Å²) in [6.45, 7) is 9.30. The Labute approximate surface area is 143 Å². The van der Waals surface area contributed by atoms with E-state index in [-0.39, 0.29) is 5.56 Å². The zero-order chi connectivity index (χ0) is 17.1. The second kappa shape index (κ2) is 7.34. The molecular formula is C19H27N3O2. The van der Waals surface area contributed by atoms with Crippen LogP contribution in [0.2, 0.25) is 0 Å². The Balaban J connectivity index is 1.49. The Bertz CT molecular complexity index is 726. The average molecular weight is 329 g/mol. The van der Waals surface area contributed by atoms with E-state index >= 15 is 0 Å². The number of hydrogen-bond acceptors (Lipinski definition) is 4. The molecule has 1 fully saturated rings. The molecule has 1 aliphatic heterocycles. The summed E-state index contributed by atoms with van der Waals surface area (Å²) in [5.74, 6) is 3.65. The van der Waals surface area contributed by atoms with Crippen LogP contribution in [0.15, 0.2) is 27.4 Å². The first-order valence-corrected chi connectivity index (χ1v) is 8.88. The second-order valence-corrected chi connectivity index (χ2v) is 7.01. The van der Waals surface area contributed by atoms with Crippen LogP contribution < -0.4 is 5.56 Å². The predicted molar refractivity (Wildman–Crippen MR) is 94.5 cm³/mol. The van der Waals surface area contributed by atoms with Crippen LogP contribution in [-0.2, 0) is 0 Å². The Kier molecular flexibility index (Phi) is 5.19. The Morgan fingerprint density at radius 1 is 1.33 bits per heavy atom. The number of furan rings is 1. The van der Waals surface area contributed by atoms with Crippen molar-refractivity contribution in [3.63, 3.8) is 0 Å². The summed E-state index contributed by atoms with van der Waals surface area (Å²) in [6, 6.07) is 5.79. The van der Waals surface area contributed by atoms with E-state index in [1.807, 2.05) is 19.9 Å². The number of aromatic nitrogens is 2. The maximum absolute atomic E-state index is 11.6. The molecule has 0 spiro atoms. The summed E-state index contributed by atoms with van der Waals surface area (Å²) in [5, 5.41) is 0. The molecule has 2 aromatic rings. The van der Waals surface area contributed by atoms with Crippen molar-refractivity contribution in [3.05, 3.63) is 51.6 Å². The first kappa shape index (κ1) is 17.0. The highest BCUT2D eigenvalue weighted by Gasteiger charge is 2.22. The van der Waals surface area contributed by atoms with Gasteiger partial charge in [-0.2, -0.15) is 0 Å². The van der Waals surface area contributed by atoms with E-state index in [9.17, 15) is 4.79 Å². The van der Waals surface area contributed by atoms with Crippen LogP contribution in [0.1, 0.15) is 61.1 Å². The molecule has 1 aliphatic rings. The molecule has 0 aliphatic carbocycles. The van der Waals surface area contributed by atoms with Crippen LogP contribution >= 0.6 is 0 Å². The van der Waals surface area contributed by atoms with E-state index in [0.29, 0.717) is 17.7 Å². The van der Waals surface area contributed by atoms with Gasteiger partial charge in [0.2, 0.25) is 0 Å². The molecule has 3 heterocycles. The molecule has 0 unspecified atom stereocenters. The van der Waals surface area contributed by atoms with E-state index < -0.39 is 0 Å². The number of H-pyrrole nitrogens is 1. The summed E-state index contributed by atoms with van der Waals surface area (Å²) in [6.07, 6.45) is 3.26. The normalized spacial score (nSPS) is 18.0. The lowest BCUT2D eigenvalue weighted by atomic mass is 9.92. The third-order valence-electron chi connectivity index (χ3n) is 5.01. The number of aryl methyl sites for hydroxylation is 2. The number of aromatic amines is 1. The third-order valence-corrected chi connectivity index (χ3v) is 5.01. The lowest BCUT2D eigenvalue weighted by molar-refractivity contribution is 0.203. The van der Waals surface area contributed by atoms with Crippen molar-refractivity contribution < 1.29 is 4.42 Å². The topological polar surface area (TPSA) is 62.1 Å². The minimum absolute atomic E-state index is 0.0394. The van der Waals surface area contributed by atoms with Crippen molar-refractivity contribution in [1.29, 1.82) is 0 Å². The van der Waals surface area contributed by atoms with Gasteiger partial charge in [0, 0.05) is 17.9 Å². The standard InChI is InChI=1S/C19H27N3O2/c1-13(18-5-4-14(2)24-18)6-9-22-10-7-16(8-11-22)17-12-19(23)21-15(3)20-17/h4-5,12-13,16H,6-11H2,1-3H3,(H,20,21,23)/t13-/m0/s1. The van der Waals surface area contributed by atoms with Gasteiger partial charge in [0.05, 0.1) is 5.69 Å². The van der Waals surface area contributed by atoms with Crippen molar-refractivity contribution in [2.24, 2.45) is 0 Å². The molecule has 0 aromatic carbocycles. The van der Waals surface area contributed by atoms with Gasteiger partial charge in [-0.05, 0) is 64.9 Å². The van der Waals surface area contributed by atoms with Crippen molar-refractivity contribution >= 4 is 0 Å². The lowest BCUT2D eigenvalue weighted by Crippen LogP contribution is -2.34. The number of hydrogen-bond donors (Lipinski definition) is 1. The molecule has 2 aromatic heterocycles. The van der Waals surface area contributed by atoms with E-state index in [0.717, 1.165) is 56.1 Å². The van der Waals surface area contributed by atoms with Crippen LogP contribution in [0.5, 0.6) is 0 Å². The average Bonchev–Trinajstić information content (AvgIpc) is 2.99. The van der Waals surface area contributed by atoms with Gasteiger partial charge in [-0.1, -0.05) is 6.92 Å². The highest BCUT2D eigenvalue weighted by atomic mass is 16.3. The van der Waals surface area contributed by atoms with Crippen LogP contribution in [0.25, 0.3) is 0 Å². The molecular weight excluding hydrogens is 302 g/mol. The highest BCUT2D eigenvalue weighted by molar-refractivity contribution is 5.11. The smallest absolute Gasteiger partial charge is 0.251 e. The molecule has 24 heavy (non-hydrogen) atoms. The lowest BCUT2D eigenvalue weighted by Gasteiger charge is -2.32. The molecule has 1 saturated heterocycles. The molecule has 130 valence electrons. The molecule has 0 amide bonds. The van der Waals surface area contributed by atoms with Gasteiger partial charge in [0.25, 0.3) is 5.56 Å². The van der Waals surface area contributed by atoms with Crippen LogP contribution in [0.3, 0.4) is 0 Å². The highest BCUT2D eigenvalue weighted by Crippen LogP contribution is 2.27. The first-order valence-electron chi connectivity index (χ1n) is 8.88. The van der Waals surface area contributed by atoms with Crippen molar-refractivity contribution in [3.8, 4) is 0 Å². The van der Waals surface area contributed by atoms with Gasteiger partial charge in [0.15, 0.2) is 0 Å². The quantitative estimate of drug-likeness (QED) is 0.914. The van der Waals surface area contributed by atoms with Crippen molar-refractivity contribution in [2.45, 2.75) is 51.9 Å². The zero-order valence-electron chi connectivity index (χ0n) is 14.8. The minimum atomic E-state index is -0.0394. The van der Waals surface area contributed by atoms with Crippen LogP contribution in [-0.4, -0.2) is 34.5 Å². The van der Waals surface area contributed by atoms with Gasteiger partial charge in [-0.25, -0.2) is 4.98 Å². The number of likely N-dealkylation sites (tertiary alicyclic amines) is 1. The van der Waals surface area contributed by atoms with Gasteiger partial charge in [-0.15, -0.1) is 0 Å². The number of piperidine rings is 1. The van der Waals surface area contributed by atoms with Crippen molar-refractivity contribution in [1.82, 2.24) is 14.9 Å². The monoisotopic (exact) mass is 329 g/mol. The molecule has 3 rings (SSSR count). The summed E-state index contributed by atoms with van der Waals surface area (Å²) >= 11 is 0. The Hall–Kier alpha value is -1.88. The molecule has 0 bridgehead atoms. The minimum Gasteiger partial charge on any atom is -0.466 e. The van der Waals surface area contributed by atoms with Crippen molar-refractivity contribution in [2.75, 3.05) is 19.6 Å². The van der Waals surface area contributed by atoms with Gasteiger partial charge in [-0.3, -0.25) is 4.79 Å². The van der Waals surface area contributed by atoms with E-state index in [4.69, 9.17) is 4.42 Å². The molecule has 1 atom stereocenters. The summed E-state index contributed by atoms with van der Waals surface area (Å²) < 4.78 is 5.72. The molecule has 5 nitrogen and oxygen atoms in total. The Morgan fingerprint density at radius 3 is 2.71 bits per heavy atom. The number of nitrogens with zero attached hydrogens (tertiary/aromatic N) is 2. The van der Waals surface area contributed by atoms with Crippen LogP contribution in [0, 0.1) is 13.8 Å². The van der Waals surface area contributed by atoms with E-state index in [1.54, 1.807) is 6.07 Å². The summed E-state index contributed by atoms with van der Waals surface area (Å²) in [7, 11) is 0. The fraction of sp³-hybridized carbons (Fsp3) is 0.579. The number of nitrogens with one attached hydrogen (secondary N) is 1. The first-order chi connectivity index (χ1) is 11.5. The van der Waals surface area contributed by atoms with Gasteiger partial charge < -0.3 is 14.3 Å².